The highest BCUT2D eigenvalue weighted by Gasteiger charge is 2.68. The largest absolute Gasteiger partial charge is 0.488 e. The molecule has 1 amide bonds. The molecule has 1 fully saturated rings. The summed E-state index contributed by atoms with van der Waals surface area (Å²) in [4.78, 5) is 16.6. The van der Waals surface area contributed by atoms with Gasteiger partial charge in [-0.05, 0) is 58.0 Å². The first-order valence-electron chi connectivity index (χ1n) is 9.91. The van der Waals surface area contributed by atoms with Gasteiger partial charge in [0.1, 0.15) is 29.3 Å². The van der Waals surface area contributed by atoms with Crippen LogP contribution < -0.4 is 10.1 Å². The Balaban J connectivity index is 1.83. The predicted octanol–water partition coefficient (Wildman–Crippen LogP) is 4.81. The molecule has 3 heterocycles. The fourth-order valence-electron chi connectivity index (χ4n) is 3.56. The summed E-state index contributed by atoms with van der Waals surface area (Å²) >= 11 is 0. The molecule has 2 aliphatic heterocycles. The fourth-order valence-corrected chi connectivity index (χ4v) is 3.56. The molecule has 1 aromatic carbocycles. The van der Waals surface area contributed by atoms with Crippen LogP contribution in [0.1, 0.15) is 39.0 Å². The molecule has 0 aliphatic carbocycles. The molecule has 6 nitrogen and oxygen atoms in total. The van der Waals surface area contributed by atoms with Gasteiger partial charge in [-0.25, -0.2) is 14.2 Å². The number of epoxide rings is 1. The molecule has 1 N–H and O–H groups in total. The predicted molar refractivity (Wildman–Crippen MR) is 106 cm³/mol. The smallest absolute Gasteiger partial charge is 0.425 e. The minimum absolute atomic E-state index is 0.0548. The Morgan fingerprint density at radius 1 is 1.16 bits per heavy atom. The van der Waals surface area contributed by atoms with Crippen LogP contribution in [0.5, 0.6) is 5.75 Å². The number of rotatable bonds is 3. The van der Waals surface area contributed by atoms with Crippen LogP contribution in [0, 0.1) is 5.82 Å². The van der Waals surface area contributed by atoms with Crippen molar-refractivity contribution in [3.05, 3.63) is 47.4 Å². The van der Waals surface area contributed by atoms with Crippen LogP contribution in [0.15, 0.2) is 30.3 Å². The lowest BCUT2D eigenvalue weighted by Gasteiger charge is -2.28. The number of hydrogen-bond donors (Lipinski definition) is 1. The average Bonchev–Trinajstić information content (AvgIpc) is 3.41. The van der Waals surface area contributed by atoms with Gasteiger partial charge in [-0.3, -0.25) is 0 Å². The molecule has 0 radical (unpaired) electrons. The number of benzene rings is 1. The summed E-state index contributed by atoms with van der Waals surface area (Å²) in [5.74, 6) is -0.298. The summed E-state index contributed by atoms with van der Waals surface area (Å²) in [6.45, 7) is 6.08. The van der Waals surface area contributed by atoms with Crippen LogP contribution in [0.25, 0.3) is 11.3 Å². The molecule has 10 heteroatoms. The van der Waals surface area contributed by atoms with Crippen molar-refractivity contribution in [2.24, 2.45) is 0 Å². The van der Waals surface area contributed by atoms with Crippen molar-refractivity contribution < 1.29 is 36.6 Å². The highest BCUT2D eigenvalue weighted by atomic mass is 19.4. The summed E-state index contributed by atoms with van der Waals surface area (Å²) in [6, 6.07) is 6.39. The number of halogens is 4. The lowest BCUT2D eigenvalue weighted by atomic mass is 9.90. The Morgan fingerprint density at radius 3 is 2.31 bits per heavy atom. The fraction of sp³-hybridized carbons (Fsp3) is 0.455. The third-order valence-corrected chi connectivity index (χ3v) is 5.27. The van der Waals surface area contributed by atoms with Crippen molar-refractivity contribution in [2.45, 2.75) is 50.6 Å². The van der Waals surface area contributed by atoms with Crippen molar-refractivity contribution in [2.75, 3.05) is 13.2 Å². The van der Waals surface area contributed by atoms with E-state index in [2.05, 4.69) is 10.3 Å². The van der Waals surface area contributed by atoms with Crippen LogP contribution in [0.3, 0.4) is 0 Å². The van der Waals surface area contributed by atoms with Crippen LogP contribution in [0.4, 0.5) is 22.4 Å². The number of carbonyl (C=O) groups is 1. The van der Waals surface area contributed by atoms with Gasteiger partial charge >= 0.3 is 12.3 Å². The van der Waals surface area contributed by atoms with Gasteiger partial charge in [-0.2, -0.15) is 13.2 Å². The Bertz CT molecular complexity index is 1060. The first kappa shape index (κ1) is 22.3. The number of carbonyl (C=O) groups excluding carboxylic acids is 1. The second kappa shape index (κ2) is 7.06. The van der Waals surface area contributed by atoms with Crippen molar-refractivity contribution in [1.29, 1.82) is 0 Å². The Labute approximate surface area is 181 Å². The maximum atomic E-state index is 13.8. The van der Waals surface area contributed by atoms with Crippen LogP contribution in [-0.2, 0) is 20.6 Å². The minimum atomic E-state index is -4.69. The van der Waals surface area contributed by atoms with E-state index in [-0.39, 0.29) is 23.7 Å². The Morgan fingerprint density at radius 2 is 1.78 bits per heavy atom. The molecular weight excluding hydrogens is 432 g/mol. The third kappa shape index (κ3) is 3.87. The van der Waals surface area contributed by atoms with Crippen LogP contribution >= 0.6 is 0 Å². The summed E-state index contributed by atoms with van der Waals surface area (Å²) in [5.41, 5.74) is -4.08. The quantitative estimate of drug-likeness (QED) is 0.533. The number of amides is 1. The molecule has 1 aromatic heterocycles. The standard InChI is InChI=1S/C22H22F4N2O4/c1-19(2,3)32-18(29)28-20(4)10-30-17-14(20)9-15(21(11-31-21)22(24,25)26)27-16(17)12-5-7-13(23)8-6-12/h5-9H,10-11H2,1-4H3,(H,28,29)/t20-,21-/m0/s1. The molecule has 0 unspecified atom stereocenters. The number of pyridine rings is 1. The van der Waals surface area contributed by atoms with Gasteiger partial charge in [0.15, 0.2) is 5.75 Å². The van der Waals surface area contributed by atoms with Crippen molar-refractivity contribution >= 4 is 6.09 Å². The molecule has 0 saturated carbocycles. The molecule has 4 rings (SSSR count). The topological polar surface area (TPSA) is 73.0 Å². The number of ether oxygens (including phenoxy) is 3. The molecule has 172 valence electrons. The Hall–Kier alpha value is -2.88. The van der Waals surface area contributed by atoms with E-state index in [4.69, 9.17) is 14.2 Å². The van der Waals surface area contributed by atoms with E-state index in [0.717, 1.165) is 0 Å². The zero-order valence-electron chi connectivity index (χ0n) is 17.9. The molecule has 0 bridgehead atoms. The van der Waals surface area contributed by atoms with Crippen molar-refractivity contribution in [3.8, 4) is 17.0 Å². The van der Waals surface area contributed by atoms with Gasteiger partial charge in [0.25, 0.3) is 0 Å². The molecule has 1 saturated heterocycles. The van der Waals surface area contributed by atoms with E-state index in [1.807, 2.05) is 0 Å². The lowest BCUT2D eigenvalue weighted by molar-refractivity contribution is -0.188. The van der Waals surface area contributed by atoms with Crippen molar-refractivity contribution in [3.63, 3.8) is 0 Å². The number of hydrogen-bond acceptors (Lipinski definition) is 5. The first-order valence-corrected chi connectivity index (χ1v) is 9.91. The van der Waals surface area contributed by atoms with E-state index >= 15 is 0 Å². The summed E-state index contributed by atoms with van der Waals surface area (Å²) in [7, 11) is 0. The third-order valence-electron chi connectivity index (χ3n) is 5.27. The number of aromatic nitrogens is 1. The van der Waals surface area contributed by atoms with Crippen LogP contribution in [0.2, 0.25) is 0 Å². The summed E-state index contributed by atoms with van der Waals surface area (Å²) in [5, 5.41) is 2.70. The molecule has 2 aliphatic rings. The molecule has 2 aromatic rings. The summed E-state index contributed by atoms with van der Waals surface area (Å²) < 4.78 is 70.7. The lowest BCUT2D eigenvalue weighted by Crippen LogP contribution is -2.47. The highest BCUT2D eigenvalue weighted by Crippen LogP contribution is 2.54. The van der Waals surface area contributed by atoms with E-state index < -0.39 is 41.4 Å². The van der Waals surface area contributed by atoms with Gasteiger partial charge in [0.2, 0.25) is 5.60 Å². The van der Waals surface area contributed by atoms with Gasteiger partial charge in [0, 0.05) is 11.1 Å². The van der Waals surface area contributed by atoms with E-state index in [0.29, 0.717) is 11.1 Å². The van der Waals surface area contributed by atoms with E-state index in [1.165, 1.54) is 30.3 Å². The zero-order valence-corrected chi connectivity index (χ0v) is 17.9. The number of fused-ring (bicyclic) bond motifs is 1. The van der Waals surface area contributed by atoms with Gasteiger partial charge in [-0.1, -0.05) is 0 Å². The molecule has 2 atom stereocenters. The number of alkyl carbamates (subject to hydrolysis) is 1. The second-order valence-corrected chi connectivity index (χ2v) is 9.10. The summed E-state index contributed by atoms with van der Waals surface area (Å²) in [6.07, 6.45) is -5.44. The van der Waals surface area contributed by atoms with Crippen molar-refractivity contribution in [1.82, 2.24) is 10.3 Å². The Kier molecular flexibility index (Phi) is 4.92. The molecule has 32 heavy (non-hydrogen) atoms. The maximum absolute atomic E-state index is 13.8. The highest BCUT2D eigenvalue weighted by molar-refractivity contribution is 5.74. The number of nitrogens with one attached hydrogen (secondary N) is 1. The average molecular weight is 454 g/mol. The minimum Gasteiger partial charge on any atom is -0.488 e. The van der Waals surface area contributed by atoms with E-state index in [1.54, 1.807) is 27.7 Å². The van der Waals surface area contributed by atoms with Gasteiger partial charge in [0.05, 0.1) is 12.3 Å². The van der Waals surface area contributed by atoms with Crippen LogP contribution in [-0.4, -0.2) is 36.1 Å². The number of nitrogens with zero attached hydrogens (tertiary/aromatic N) is 1. The van der Waals surface area contributed by atoms with E-state index in [9.17, 15) is 22.4 Å². The number of alkyl halides is 3. The normalized spacial score (nSPS) is 24.5. The first-order chi connectivity index (χ1) is 14.7. The second-order valence-electron chi connectivity index (χ2n) is 9.10. The zero-order chi connectivity index (χ0) is 23.5. The monoisotopic (exact) mass is 454 g/mol. The maximum Gasteiger partial charge on any atom is 0.425 e. The van der Waals surface area contributed by atoms with Gasteiger partial charge in [-0.15, -0.1) is 0 Å². The molecule has 0 spiro atoms. The van der Waals surface area contributed by atoms with Gasteiger partial charge < -0.3 is 19.5 Å². The molecular formula is C22H22F4N2O4. The SMILES string of the molecule is CC(C)(C)OC(=O)N[C@@]1(C)COc2c1cc([C@]1(C(F)(F)F)CO1)nc2-c1ccc(F)cc1.